The van der Waals surface area contributed by atoms with Gasteiger partial charge in [-0.15, -0.1) is 0 Å². The predicted octanol–water partition coefficient (Wildman–Crippen LogP) is -0.119. The quantitative estimate of drug-likeness (QED) is 0.216. The maximum atomic E-state index is 13.2. The summed E-state index contributed by atoms with van der Waals surface area (Å²) in [6.07, 6.45) is 1.75. The number of hydrogen-bond donors (Lipinski definition) is 7. The smallest absolute Gasteiger partial charge is 0.328 e. The van der Waals surface area contributed by atoms with E-state index in [-0.39, 0.29) is 18.3 Å². The molecule has 11 nitrogen and oxygen atoms in total. The van der Waals surface area contributed by atoms with Gasteiger partial charge in [-0.05, 0) is 23.5 Å². The van der Waals surface area contributed by atoms with Crippen molar-refractivity contribution in [1.82, 2.24) is 20.9 Å². The SMILES string of the molecule is CC(C)C(N)C(=O)NC(C(=O)NC(Cc1c[nH]c2ccccc12)C(=O)NC(CO)C(=O)O)C(C)C. The molecular weight excluding hydrogens is 454 g/mol. The number of para-hydroxylation sites is 1. The topological polar surface area (TPSA) is 187 Å². The Morgan fingerprint density at radius 3 is 2.11 bits per heavy atom. The highest BCUT2D eigenvalue weighted by Crippen LogP contribution is 2.19. The van der Waals surface area contributed by atoms with Crippen molar-refractivity contribution < 1.29 is 29.4 Å². The summed E-state index contributed by atoms with van der Waals surface area (Å²) in [6, 6.07) is 2.92. The molecule has 4 unspecified atom stereocenters. The molecule has 0 fully saturated rings. The largest absolute Gasteiger partial charge is 0.480 e. The van der Waals surface area contributed by atoms with Crippen molar-refractivity contribution in [1.29, 1.82) is 0 Å². The number of aliphatic carboxylic acids is 1. The van der Waals surface area contributed by atoms with Gasteiger partial charge in [0.15, 0.2) is 0 Å². The van der Waals surface area contributed by atoms with Crippen molar-refractivity contribution in [2.24, 2.45) is 17.6 Å². The molecule has 0 bridgehead atoms. The van der Waals surface area contributed by atoms with Gasteiger partial charge in [0, 0.05) is 23.5 Å². The number of aromatic amines is 1. The van der Waals surface area contributed by atoms with E-state index in [4.69, 9.17) is 5.73 Å². The van der Waals surface area contributed by atoms with E-state index in [0.717, 1.165) is 16.5 Å². The average molecular weight is 490 g/mol. The van der Waals surface area contributed by atoms with E-state index in [1.54, 1.807) is 33.9 Å². The number of H-pyrrole nitrogens is 1. The molecule has 11 heteroatoms. The molecule has 8 N–H and O–H groups in total. The second-order valence-corrected chi connectivity index (χ2v) is 9.21. The Balaban J connectivity index is 2.30. The van der Waals surface area contributed by atoms with Crippen molar-refractivity contribution in [2.75, 3.05) is 6.61 Å². The van der Waals surface area contributed by atoms with Gasteiger partial charge in [0.25, 0.3) is 0 Å². The number of carboxylic acids is 1. The fraction of sp³-hybridized carbons (Fsp3) is 0.500. The number of rotatable bonds is 12. The minimum Gasteiger partial charge on any atom is -0.480 e. The first kappa shape index (κ1) is 27.8. The Morgan fingerprint density at radius 2 is 1.54 bits per heavy atom. The molecule has 0 aliphatic heterocycles. The van der Waals surface area contributed by atoms with Gasteiger partial charge in [-0.3, -0.25) is 14.4 Å². The summed E-state index contributed by atoms with van der Waals surface area (Å²) < 4.78 is 0. The number of nitrogens with two attached hydrogens (primary N) is 1. The molecule has 2 aromatic rings. The third-order valence-electron chi connectivity index (χ3n) is 5.80. The molecule has 0 aliphatic rings. The number of aliphatic hydroxyl groups excluding tert-OH is 1. The summed E-state index contributed by atoms with van der Waals surface area (Å²) in [5, 5.41) is 26.9. The highest BCUT2D eigenvalue weighted by molar-refractivity contribution is 5.95. The number of carboxylic acid groups (broad SMARTS) is 1. The lowest BCUT2D eigenvalue weighted by Crippen LogP contribution is -2.59. The van der Waals surface area contributed by atoms with Gasteiger partial charge in [0.1, 0.15) is 18.1 Å². The average Bonchev–Trinajstić information content (AvgIpc) is 3.21. The van der Waals surface area contributed by atoms with Gasteiger partial charge < -0.3 is 36.9 Å². The summed E-state index contributed by atoms with van der Waals surface area (Å²) >= 11 is 0. The molecule has 0 saturated heterocycles. The molecule has 1 aromatic heterocycles. The zero-order valence-corrected chi connectivity index (χ0v) is 20.4. The minimum absolute atomic E-state index is 0.0453. The number of carbonyl (C=O) groups excluding carboxylic acids is 3. The number of aromatic nitrogens is 1. The van der Waals surface area contributed by atoms with Crippen molar-refractivity contribution >= 4 is 34.6 Å². The fourth-order valence-corrected chi connectivity index (χ4v) is 3.54. The van der Waals surface area contributed by atoms with Crippen LogP contribution in [0.3, 0.4) is 0 Å². The Labute approximate surface area is 203 Å². The minimum atomic E-state index is -1.53. The van der Waals surface area contributed by atoms with Crippen LogP contribution in [0, 0.1) is 11.8 Å². The molecule has 4 atom stereocenters. The van der Waals surface area contributed by atoms with Gasteiger partial charge in [-0.2, -0.15) is 0 Å². The van der Waals surface area contributed by atoms with Crippen molar-refractivity contribution in [3.63, 3.8) is 0 Å². The molecule has 0 aliphatic carbocycles. The van der Waals surface area contributed by atoms with Gasteiger partial charge >= 0.3 is 5.97 Å². The van der Waals surface area contributed by atoms with Crippen LogP contribution in [0.1, 0.15) is 33.3 Å². The second kappa shape index (κ2) is 12.3. The third kappa shape index (κ3) is 7.27. The highest BCUT2D eigenvalue weighted by Gasteiger charge is 2.32. The van der Waals surface area contributed by atoms with Gasteiger partial charge in [0.2, 0.25) is 17.7 Å². The number of carbonyl (C=O) groups is 4. The molecule has 1 aromatic carbocycles. The van der Waals surface area contributed by atoms with Crippen LogP contribution in [0.15, 0.2) is 30.5 Å². The zero-order valence-electron chi connectivity index (χ0n) is 20.4. The summed E-state index contributed by atoms with van der Waals surface area (Å²) in [5.41, 5.74) is 7.47. The maximum Gasteiger partial charge on any atom is 0.328 e. The molecule has 0 radical (unpaired) electrons. The zero-order chi connectivity index (χ0) is 26.3. The molecule has 1 heterocycles. The van der Waals surface area contributed by atoms with Crippen LogP contribution in [0.4, 0.5) is 0 Å². The number of aliphatic hydroxyl groups is 1. The summed E-state index contributed by atoms with van der Waals surface area (Å²) in [4.78, 5) is 53.1. The van der Waals surface area contributed by atoms with Crippen LogP contribution in [0.5, 0.6) is 0 Å². The molecule has 0 spiro atoms. The highest BCUT2D eigenvalue weighted by atomic mass is 16.4. The number of amides is 3. The van der Waals surface area contributed by atoms with Gasteiger partial charge in [0.05, 0.1) is 12.6 Å². The van der Waals surface area contributed by atoms with Crippen LogP contribution in [0.2, 0.25) is 0 Å². The fourth-order valence-electron chi connectivity index (χ4n) is 3.54. The first-order valence-electron chi connectivity index (χ1n) is 11.5. The van der Waals surface area contributed by atoms with Crippen molar-refractivity contribution in [2.45, 2.75) is 58.3 Å². The van der Waals surface area contributed by atoms with E-state index in [9.17, 15) is 29.4 Å². The third-order valence-corrected chi connectivity index (χ3v) is 5.80. The first-order valence-corrected chi connectivity index (χ1v) is 11.5. The monoisotopic (exact) mass is 489 g/mol. The standard InChI is InChI=1S/C24H35N5O6/c1-12(2)19(25)22(32)29-20(13(3)4)23(33)27-17(21(31)28-18(11-30)24(34)35)9-14-10-26-16-8-6-5-7-15(14)16/h5-8,10,12-13,17-20,26,30H,9,11,25H2,1-4H3,(H,27,33)(H,28,31)(H,29,32)(H,34,35). The van der Waals surface area contributed by atoms with E-state index in [0.29, 0.717) is 0 Å². The Morgan fingerprint density at radius 1 is 0.914 bits per heavy atom. The molecule has 0 saturated carbocycles. The molecule has 3 amide bonds. The van der Waals surface area contributed by atoms with Crippen LogP contribution < -0.4 is 21.7 Å². The van der Waals surface area contributed by atoms with Crippen molar-refractivity contribution in [3.8, 4) is 0 Å². The normalized spacial score (nSPS) is 14.9. The van der Waals surface area contributed by atoms with E-state index >= 15 is 0 Å². The lowest BCUT2D eigenvalue weighted by Gasteiger charge is -2.27. The Bertz CT molecular complexity index is 1050. The number of hydrogen-bond acceptors (Lipinski definition) is 6. The van der Waals surface area contributed by atoms with E-state index < -0.39 is 54.5 Å². The maximum absolute atomic E-state index is 13.2. The van der Waals surface area contributed by atoms with Crippen LogP contribution >= 0.6 is 0 Å². The second-order valence-electron chi connectivity index (χ2n) is 9.21. The summed E-state index contributed by atoms with van der Waals surface area (Å²) in [7, 11) is 0. The first-order chi connectivity index (χ1) is 16.5. The summed E-state index contributed by atoms with van der Waals surface area (Å²) in [6.45, 7) is 6.25. The Kier molecular flexibility index (Phi) is 9.78. The molecule has 192 valence electrons. The lowest BCUT2D eigenvalue weighted by molar-refractivity contribution is -0.143. The molecular formula is C24H35N5O6. The number of fused-ring (bicyclic) bond motifs is 1. The molecule has 2 rings (SSSR count). The lowest BCUT2D eigenvalue weighted by atomic mass is 9.99. The summed E-state index contributed by atoms with van der Waals surface area (Å²) in [5.74, 6) is -3.75. The van der Waals surface area contributed by atoms with Crippen LogP contribution in [-0.2, 0) is 25.6 Å². The van der Waals surface area contributed by atoms with Gasteiger partial charge in [-0.1, -0.05) is 45.9 Å². The van der Waals surface area contributed by atoms with Crippen LogP contribution in [-0.4, -0.2) is 69.7 Å². The Hall–Kier alpha value is -3.44. The number of benzene rings is 1. The van der Waals surface area contributed by atoms with E-state index in [2.05, 4.69) is 20.9 Å². The van der Waals surface area contributed by atoms with Crippen molar-refractivity contribution in [3.05, 3.63) is 36.0 Å². The van der Waals surface area contributed by atoms with Crippen LogP contribution in [0.25, 0.3) is 10.9 Å². The van der Waals surface area contributed by atoms with E-state index in [1.807, 2.05) is 24.3 Å². The molecule has 35 heavy (non-hydrogen) atoms. The predicted molar refractivity (Wildman–Crippen MR) is 130 cm³/mol. The number of nitrogens with one attached hydrogen (secondary N) is 4. The van der Waals surface area contributed by atoms with E-state index in [1.165, 1.54) is 0 Å². The van der Waals surface area contributed by atoms with Gasteiger partial charge in [-0.25, -0.2) is 4.79 Å².